The van der Waals surface area contributed by atoms with Crippen LogP contribution in [0, 0.1) is 11.6 Å². The van der Waals surface area contributed by atoms with Crippen molar-refractivity contribution in [3.63, 3.8) is 0 Å². The molecule has 112 valence electrons. The zero-order valence-corrected chi connectivity index (χ0v) is 12.6. The van der Waals surface area contributed by atoms with Crippen LogP contribution in [-0.4, -0.2) is 19.1 Å². The maximum Gasteiger partial charge on any atom is 0.163 e. The Morgan fingerprint density at radius 3 is 2.52 bits per heavy atom. The lowest BCUT2D eigenvalue weighted by Crippen LogP contribution is -2.18. The van der Waals surface area contributed by atoms with Gasteiger partial charge in [-0.1, -0.05) is 23.7 Å². The smallest absolute Gasteiger partial charge is 0.163 e. The highest BCUT2D eigenvalue weighted by Crippen LogP contribution is 2.24. The first kappa shape index (κ1) is 15.7. The molecule has 0 N–H and O–H groups in total. The highest BCUT2D eigenvalue weighted by atomic mass is 35.5. The Balaban J connectivity index is 2.13. The Hall–Kier alpha value is -1.65. The number of halogens is 3. The molecule has 2 nitrogen and oxygen atoms in total. The molecule has 0 aliphatic heterocycles. The Morgan fingerprint density at radius 1 is 1.10 bits per heavy atom. The van der Waals surface area contributed by atoms with Gasteiger partial charge in [0, 0.05) is 29.2 Å². The standard InChI is InChI=1S/C16H16ClF2NO/c1-20(9-11-4-3-5-14(18)16(11)19)10-12-8-13(17)6-7-15(12)21-2/h3-8H,9-10H2,1-2H3. The van der Waals surface area contributed by atoms with Gasteiger partial charge in [-0.15, -0.1) is 0 Å². The van der Waals surface area contributed by atoms with Gasteiger partial charge in [-0.3, -0.25) is 4.90 Å². The molecule has 0 unspecified atom stereocenters. The maximum atomic E-state index is 13.7. The van der Waals surface area contributed by atoms with Crippen molar-refractivity contribution in [3.8, 4) is 5.75 Å². The van der Waals surface area contributed by atoms with Crippen molar-refractivity contribution in [3.05, 3.63) is 64.2 Å². The van der Waals surface area contributed by atoms with E-state index in [0.29, 0.717) is 29.4 Å². The predicted octanol–water partition coefficient (Wildman–Crippen LogP) is 4.26. The minimum atomic E-state index is -0.832. The van der Waals surface area contributed by atoms with Crippen LogP contribution in [0.4, 0.5) is 8.78 Å². The van der Waals surface area contributed by atoms with E-state index in [1.54, 1.807) is 31.4 Å². The van der Waals surface area contributed by atoms with Gasteiger partial charge in [0.25, 0.3) is 0 Å². The van der Waals surface area contributed by atoms with Crippen molar-refractivity contribution in [2.75, 3.05) is 14.2 Å². The number of rotatable bonds is 5. The van der Waals surface area contributed by atoms with Crippen LogP contribution < -0.4 is 4.74 Å². The van der Waals surface area contributed by atoms with Gasteiger partial charge in [0.05, 0.1) is 7.11 Å². The molecule has 0 heterocycles. The van der Waals surface area contributed by atoms with Gasteiger partial charge in [0.2, 0.25) is 0 Å². The molecule has 0 bridgehead atoms. The molecule has 0 spiro atoms. The Morgan fingerprint density at radius 2 is 1.81 bits per heavy atom. The molecule has 2 rings (SSSR count). The highest BCUT2D eigenvalue weighted by molar-refractivity contribution is 6.30. The number of ether oxygens (including phenoxy) is 1. The summed E-state index contributed by atoms with van der Waals surface area (Å²) in [5.74, 6) is -0.922. The summed E-state index contributed by atoms with van der Waals surface area (Å²) < 4.78 is 32.1. The lowest BCUT2D eigenvalue weighted by Gasteiger charge is -2.19. The summed E-state index contributed by atoms with van der Waals surface area (Å²) in [4.78, 5) is 1.87. The molecule has 0 saturated carbocycles. The van der Waals surface area contributed by atoms with Gasteiger partial charge < -0.3 is 4.74 Å². The fraction of sp³-hybridized carbons (Fsp3) is 0.250. The van der Waals surface area contributed by atoms with E-state index in [0.717, 1.165) is 11.6 Å². The van der Waals surface area contributed by atoms with Crippen molar-refractivity contribution >= 4 is 11.6 Å². The third-order valence-corrected chi connectivity index (χ3v) is 3.39. The summed E-state index contributed by atoms with van der Waals surface area (Å²) in [6, 6.07) is 9.52. The second-order valence-corrected chi connectivity index (χ2v) is 5.28. The first-order valence-corrected chi connectivity index (χ1v) is 6.83. The summed E-state index contributed by atoms with van der Waals surface area (Å²) in [5, 5.41) is 0.608. The van der Waals surface area contributed by atoms with E-state index in [1.165, 1.54) is 6.07 Å². The number of methoxy groups -OCH3 is 1. The van der Waals surface area contributed by atoms with Crippen LogP contribution in [0.1, 0.15) is 11.1 Å². The average molecular weight is 312 g/mol. The van der Waals surface area contributed by atoms with Crippen LogP contribution >= 0.6 is 11.6 Å². The van der Waals surface area contributed by atoms with Gasteiger partial charge in [-0.05, 0) is 31.3 Å². The van der Waals surface area contributed by atoms with E-state index in [9.17, 15) is 8.78 Å². The predicted molar refractivity (Wildman–Crippen MR) is 79.5 cm³/mol. The topological polar surface area (TPSA) is 12.5 Å². The van der Waals surface area contributed by atoms with Crippen LogP contribution in [0.15, 0.2) is 36.4 Å². The lowest BCUT2D eigenvalue weighted by atomic mass is 10.1. The van der Waals surface area contributed by atoms with Gasteiger partial charge in [0.15, 0.2) is 11.6 Å². The molecule has 2 aromatic rings. The molecule has 2 aromatic carbocycles. The van der Waals surface area contributed by atoms with E-state index in [2.05, 4.69) is 0 Å². The number of benzene rings is 2. The Labute approximate surface area is 127 Å². The van der Waals surface area contributed by atoms with Crippen LogP contribution in [0.3, 0.4) is 0 Å². The summed E-state index contributed by atoms with van der Waals surface area (Å²) in [5.41, 5.74) is 1.21. The maximum absolute atomic E-state index is 13.7. The van der Waals surface area contributed by atoms with E-state index < -0.39 is 11.6 Å². The van der Waals surface area contributed by atoms with Gasteiger partial charge >= 0.3 is 0 Å². The van der Waals surface area contributed by atoms with Crippen molar-refractivity contribution in [2.24, 2.45) is 0 Å². The third kappa shape index (κ3) is 3.93. The van der Waals surface area contributed by atoms with Gasteiger partial charge in [-0.25, -0.2) is 8.78 Å². The summed E-state index contributed by atoms with van der Waals surface area (Å²) >= 11 is 5.98. The fourth-order valence-electron chi connectivity index (χ4n) is 2.18. The molecule has 0 aliphatic rings. The van der Waals surface area contributed by atoms with Crippen molar-refractivity contribution in [1.82, 2.24) is 4.90 Å². The largest absolute Gasteiger partial charge is 0.496 e. The third-order valence-electron chi connectivity index (χ3n) is 3.15. The van der Waals surface area contributed by atoms with Crippen molar-refractivity contribution in [1.29, 1.82) is 0 Å². The second-order valence-electron chi connectivity index (χ2n) is 4.84. The SMILES string of the molecule is COc1ccc(Cl)cc1CN(C)Cc1cccc(F)c1F. The summed E-state index contributed by atoms with van der Waals surface area (Å²) in [6.07, 6.45) is 0. The van der Waals surface area contributed by atoms with E-state index >= 15 is 0 Å². The van der Waals surface area contributed by atoms with Crippen molar-refractivity contribution in [2.45, 2.75) is 13.1 Å². The zero-order chi connectivity index (χ0) is 15.4. The lowest BCUT2D eigenvalue weighted by molar-refractivity contribution is 0.303. The van der Waals surface area contributed by atoms with Crippen molar-refractivity contribution < 1.29 is 13.5 Å². The van der Waals surface area contributed by atoms with E-state index in [1.807, 2.05) is 11.9 Å². The normalized spacial score (nSPS) is 11.0. The molecule has 0 amide bonds. The first-order valence-electron chi connectivity index (χ1n) is 6.45. The molecule has 0 radical (unpaired) electrons. The second kappa shape index (κ2) is 6.87. The quantitative estimate of drug-likeness (QED) is 0.818. The van der Waals surface area contributed by atoms with Gasteiger partial charge in [-0.2, -0.15) is 0 Å². The van der Waals surface area contributed by atoms with Crippen LogP contribution in [-0.2, 0) is 13.1 Å². The Kier molecular flexibility index (Phi) is 5.15. The number of nitrogens with zero attached hydrogens (tertiary/aromatic N) is 1. The minimum Gasteiger partial charge on any atom is -0.496 e. The van der Waals surface area contributed by atoms with Crippen LogP contribution in [0.25, 0.3) is 0 Å². The van der Waals surface area contributed by atoms with Crippen LogP contribution in [0.2, 0.25) is 5.02 Å². The molecule has 0 fully saturated rings. The number of hydrogen-bond acceptors (Lipinski definition) is 2. The monoisotopic (exact) mass is 311 g/mol. The molecule has 0 saturated heterocycles. The molecule has 21 heavy (non-hydrogen) atoms. The average Bonchev–Trinajstić information content (AvgIpc) is 2.44. The molecule has 0 aromatic heterocycles. The zero-order valence-electron chi connectivity index (χ0n) is 11.9. The molecule has 0 aliphatic carbocycles. The molecular formula is C16H16ClF2NO. The van der Waals surface area contributed by atoms with Gasteiger partial charge in [0.1, 0.15) is 5.75 Å². The summed E-state index contributed by atoms with van der Waals surface area (Å²) in [6.45, 7) is 0.805. The Bertz CT molecular complexity index is 634. The fourth-order valence-corrected chi connectivity index (χ4v) is 2.37. The number of hydrogen-bond donors (Lipinski definition) is 0. The molecule has 0 atom stereocenters. The highest BCUT2D eigenvalue weighted by Gasteiger charge is 2.12. The van der Waals surface area contributed by atoms with E-state index in [4.69, 9.17) is 16.3 Å². The van der Waals surface area contributed by atoms with Crippen LogP contribution in [0.5, 0.6) is 5.75 Å². The minimum absolute atomic E-state index is 0.291. The first-order chi connectivity index (χ1) is 10.0. The summed E-state index contributed by atoms with van der Waals surface area (Å²) in [7, 11) is 3.41. The molecule has 5 heteroatoms. The van der Waals surface area contributed by atoms with E-state index in [-0.39, 0.29) is 0 Å². The molecular weight excluding hydrogens is 296 g/mol.